The number of Topliss-reactive ketones (excluding diaryl/α,β-unsaturated/α-hetero) is 1. The zero-order valence-corrected chi connectivity index (χ0v) is 18.0. The van der Waals surface area contributed by atoms with Gasteiger partial charge in [0.25, 0.3) is 11.7 Å². The van der Waals surface area contributed by atoms with Gasteiger partial charge in [-0.3, -0.25) is 24.3 Å². The van der Waals surface area contributed by atoms with Crippen molar-refractivity contribution in [1.82, 2.24) is 4.98 Å². The zero-order chi connectivity index (χ0) is 23.5. The Hall–Kier alpha value is -4.46. The highest BCUT2D eigenvalue weighted by Gasteiger charge is 2.47. The minimum absolute atomic E-state index is 0.0714. The number of nitrogens with zero attached hydrogens (tertiary/aromatic N) is 2. The first-order valence-corrected chi connectivity index (χ1v) is 10.1. The summed E-state index contributed by atoms with van der Waals surface area (Å²) in [5.41, 5.74) is 1.67. The average molecular weight is 443 g/mol. The Morgan fingerprint density at radius 1 is 1.06 bits per heavy atom. The summed E-state index contributed by atoms with van der Waals surface area (Å²) >= 11 is 0. The highest BCUT2D eigenvalue weighted by Crippen LogP contribution is 2.41. The van der Waals surface area contributed by atoms with E-state index in [0.717, 1.165) is 0 Å². The number of carbonyl (C=O) groups excluding carboxylic acids is 3. The van der Waals surface area contributed by atoms with E-state index >= 15 is 0 Å². The van der Waals surface area contributed by atoms with Crippen LogP contribution < -0.4 is 15.0 Å². The van der Waals surface area contributed by atoms with Crippen LogP contribution in [0, 0.1) is 0 Å². The van der Waals surface area contributed by atoms with E-state index < -0.39 is 17.7 Å². The molecule has 8 nitrogen and oxygen atoms in total. The highest BCUT2D eigenvalue weighted by atomic mass is 16.5. The molecule has 1 saturated heterocycles. The maximum Gasteiger partial charge on any atom is 0.300 e. The number of carbonyl (C=O) groups is 3. The van der Waals surface area contributed by atoms with E-state index in [4.69, 9.17) is 4.74 Å². The molecule has 0 radical (unpaired) electrons. The third-order valence-electron chi connectivity index (χ3n) is 5.22. The number of benzene rings is 2. The first-order chi connectivity index (χ1) is 15.9. The SMILES string of the molecule is COc1cccc(/C(O)=C2/C(=O)C(=O)N(c3ccc(NC(C)=O)cc3)C2c2ccccn2)c1. The van der Waals surface area contributed by atoms with Crippen LogP contribution in [-0.4, -0.2) is 34.8 Å². The van der Waals surface area contributed by atoms with Gasteiger partial charge in [-0.25, -0.2) is 0 Å². The number of hydrogen-bond acceptors (Lipinski definition) is 6. The molecule has 166 valence electrons. The van der Waals surface area contributed by atoms with Gasteiger partial charge in [0.15, 0.2) is 0 Å². The number of hydrogen-bond donors (Lipinski definition) is 2. The molecule has 8 heteroatoms. The highest BCUT2D eigenvalue weighted by molar-refractivity contribution is 6.51. The van der Waals surface area contributed by atoms with Gasteiger partial charge in [0.05, 0.1) is 18.4 Å². The van der Waals surface area contributed by atoms with Crippen molar-refractivity contribution in [3.8, 4) is 5.75 Å². The monoisotopic (exact) mass is 443 g/mol. The molecule has 1 aliphatic rings. The summed E-state index contributed by atoms with van der Waals surface area (Å²) in [6.07, 6.45) is 1.56. The van der Waals surface area contributed by atoms with E-state index in [1.165, 1.54) is 18.9 Å². The normalized spacial score (nSPS) is 17.2. The predicted molar refractivity (Wildman–Crippen MR) is 123 cm³/mol. The summed E-state index contributed by atoms with van der Waals surface area (Å²) in [5.74, 6) is -1.66. The number of aliphatic hydroxyl groups is 1. The number of amides is 2. The van der Waals surface area contributed by atoms with Crippen molar-refractivity contribution in [2.45, 2.75) is 13.0 Å². The maximum atomic E-state index is 13.1. The second kappa shape index (κ2) is 8.96. The Morgan fingerprint density at radius 3 is 2.45 bits per heavy atom. The first kappa shape index (κ1) is 21.8. The second-order valence-electron chi connectivity index (χ2n) is 7.38. The van der Waals surface area contributed by atoms with Gasteiger partial charge in [-0.15, -0.1) is 0 Å². The summed E-state index contributed by atoms with van der Waals surface area (Å²) in [4.78, 5) is 43.2. The summed E-state index contributed by atoms with van der Waals surface area (Å²) in [5, 5.41) is 13.8. The number of aliphatic hydroxyl groups excluding tert-OH is 1. The smallest absolute Gasteiger partial charge is 0.300 e. The van der Waals surface area contributed by atoms with E-state index in [0.29, 0.717) is 28.4 Å². The van der Waals surface area contributed by atoms with Gasteiger partial charge in [0.2, 0.25) is 5.91 Å². The molecule has 0 bridgehead atoms. The predicted octanol–water partition coefficient (Wildman–Crippen LogP) is 3.67. The summed E-state index contributed by atoms with van der Waals surface area (Å²) in [7, 11) is 1.50. The average Bonchev–Trinajstić information content (AvgIpc) is 3.10. The minimum Gasteiger partial charge on any atom is -0.507 e. The van der Waals surface area contributed by atoms with Crippen molar-refractivity contribution < 1.29 is 24.2 Å². The number of rotatable bonds is 5. The van der Waals surface area contributed by atoms with Gasteiger partial charge in [0.1, 0.15) is 17.6 Å². The lowest BCUT2D eigenvalue weighted by Gasteiger charge is -2.24. The van der Waals surface area contributed by atoms with Crippen LogP contribution in [-0.2, 0) is 14.4 Å². The van der Waals surface area contributed by atoms with Gasteiger partial charge in [0, 0.05) is 30.1 Å². The summed E-state index contributed by atoms with van der Waals surface area (Å²) < 4.78 is 5.22. The molecule has 0 saturated carbocycles. The lowest BCUT2D eigenvalue weighted by Crippen LogP contribution is -2.29. The first-order valence-electron chi connectivity index (χ1n) is 10.1. The van der Waals surface area contributed by atoms with E-state index in [1.54, 1.807) is 72.9 Å². The molecular weight excluding hydrogens is 422 g/mol. The van der Waals surface area contributed by atoms with Crippen LogP contribution in [0.1, 0.15) is 24.2 Å². The van der Waals surface area contributed by atoms with Crippen LogP contribution in [0.5, 0.6) is 5.75 Å². The number of ether oxygens (including phenoxy) is 1. The third-order valence-corrected chi connectivity index (χ3v) is 5.22. The van der Waals surface area contributed by atoms with Gasteiger partial charge in [-0.1, -0.05) is 18.2 Å². The van der Waals surface area contributed by atoms with Crippen molar-refractivity contribution in [1.29, 1.82) is 0 Å². The Bertz CT molecular complexity index is 1250. The fourth-order valence-corrected chi connectivity index (χ4v) is 3.75. The quantitative estimate of drug-likeness (QED) is 0.354. The minimum atomic E-state index is -0.941. The lowest BCUT2D eigenvalue weighted by atomic mass is 9.98. The van der Waals surface area contributed by atoms with Crippen LogP contribution in [0.15, 0.2) is 78.5 Å². The molecule has 0 spiro atoms. The summed E-state index contributed by atoms with van der Waals surface area (Å²) in [6, 6.07) is 17.3. The molecule has 2 aromatic carbocycles. The van der Waals surface area contributed by atoms with E-state index in [1.807, 2.05) is 0 Å². The van der Waals surface area contributed by atoms with Crippen molar-refractivity contribution in [3.63, 3.8) is 0 Å². The standard InChI is InChI=1S/C25H21N3O5/c1-15(29)27-17-9-11-18(12-10-17)28-22(20-8-3-4-13-26-20)21(24(31)25(28)32)23(30)16-6-5-7-19(14-16)33-2/h3-14,22,30H,1-2H3,(H,27,29)/b23-21-. The molecule has 3 aromatic rings. The molecule has 2 amide bonds. The van der Waals surface area contributed by atoms with Crippen molar-refractivity contribution in [2.24, 2.45) is 0 Å². The maximum absolute atomic E-state index is 13.1. The van der Waals surface area contributed by atoms with Crippen LogP contribution in [0.2, 0.25) is 0 Å². The zero-order valence-electron chi connectivity index (χ0n) is 18.0. The van der Waals surface area contributed by atoms with Crippen LogP contribution >= 0.6 is 0 Å². The molecule has 33 heavy (non-hydrogen) atoms. The Kier molecular flexibility index (Phi) is 5.91. The molecule has 1 aromatic heterocycles. The number of aromatic nitrogens is 1. The van der Waals surface area contributed by atoms with E-state index in [2.05, 4.69) is 10.3 Å². The molecular formula is C25H21N3O5. The largest absolute Gasteiger partial charge is 0.507 e. The summed E-state index contributed by atoms with van der Waals surface area (Å²) in [6.45, 7) is 1.39. The molecule has 2 heterocycles. The molecule has 1 atom stereocenters. The third kappa shape index (κ3) is 4.18. The van der Waals surface area contributed by atoms with Crippen LogP contribution in [0.25, 0.3) is 5.76 Å². The molecule has 1 fully saturated rings. The Labute approximate surface area is 190 Å². The van der Waals surface area contributed by atoms with E-state index in [9.17, 15) is 19.5 Å². The van der Waals surface area contributed by atoms with Crippen molar-refractivity contribution in [2.75, 3.05) is 17.3 Å². The van der Waals surface area contributed by atoms with Gasteiger partial charge in [-0.05, 0) is 48.5 Å². The lowest BCUT2D eigenvalue weighted by molar-refractivity contribution is -0.132. The molecule has 1 aliphatic heterocycles. The number of anilines is 2. The fraction of sp³-hybridized carbons (Fsp3) is 0.120. The van der Waals surface area contributed by atoms with Crippen LogP contribution in [0.4, 0.5) is 11.4 Å². The Morgan fingerprint density at radius 2 is 1.82 bits per heavy atom. The molecule has 1 unspecified atom stereocenters. The van der Waals surface area contributed by atoms with Gasteiger partial charge in [-0.2, -0.15) is 0 Å². The molecule has 2 N–H and O–H groups in total. The van der Waals surface area contributed by atoms with Crippen molar-refractivity contribution in [3.05, 3.63) is 89.8 Å². The Balaban J connectivity index is 1.86. The number of methoxy groups -OCH3 is 1. The molecule has 4 rings (SSSR count). The van der Waals surface area contributed by atoms with Crippen LogP contribution in [0.3, 0.4) is 0 Å². The van der Waals surface area contributed by atoms with E-state index in [-0.39, 0.29) is 17.2 Å². The molecule has 0 aliphatic carbocycles. The second-order valence-corrected chi connectivity index (χ2v) is 7.38. The topological polar surface area (TPSA) is 109 Å². The van der Waals surface area contributed by atoms with Crippen molar-refractivity contribution >= 4 is 34.7 Å². The number of ketones is 1. The number of pyridine rings is 1. The fourth-order valence-electron chi connectivity index (χ4n) is 3.75. The van der Waals surface area contributed by atoms with Gasteiger partial charge >= 0.3 is 0 Å². The van der Waals surface area contributed by atoms with Gasteiger partial charge < -0.3 is 15.2 Å². The number of nitrogens with one attached hydrogen (secondary N) is 1.